The Morgan fingerprint density at radius 2 is 2.10 bits per heavy atom. The summed E-state index contributed by atoms with van der Waals surface area (Å²) < 4.78 is 26.6. The van der Waals surface area contributed by atoms with Crippen molar-refractivity contribution >= 4 is 17.5 Å². The van der Waals surface area contributed by atoms with E-state index < -0.39 is 17.5 Å². The number of nitrogens with one attached hydrogen (secondary N) is 1. The molecule has 1 aliphatic heterocycles. The Labute approximate surface area is 114 Å². The lowest BCUT2D eigenvalue weighted by atomic mass is 10.0. The van der Waals surface area contributed by atoms with Gasteiger partial charge in [0.25, 0.3) is 5.91 Å². The third-order valence-electron chi connectivity index (χ3n) is 3.29. The number of hydrogen-bond donors (Lipinski definition) is 2. The van der Waals surface area contributed by atoms with Crippen molar-refractivity contribution in [1.29, 1.82) is 0 Å². The van der Waals surface area contributed by atoms with Crippen LogP contribution < -0.4 is 11.1 Å². The van der Waals surface area contributed by atoms with Crippen molar-refractivity contribution in [3.63, 3.8) is 0 Å². The zero-order chi connectivity index (χ0) is 14.9. The third kappa shape index (κ3) is 2.87. The topological polar surface area (TPSA) is 75.4 Å². The number of halogens is 2. The first kappa shape index (κ1) is 14.2. The summed E-state index contributed by atoms with van der Waals surface area (Å²) >= 11 is 0. The zero-order valence-corrected chi connectivity index (χ0v) is 11.0. The van der Waals surface area contributed by atoms with Crippen LogP contribution in [0.15, 0.2) is 12.1 Å². The van der Waals surface area contributed by atoms with Gasteiger partial charge in [-0.2, -0.15) is 0 Å². The molecule has 3 N–H and O–H groups in total. The van der Waals surface area contributed by atoms with Crippen LogP contribution in [0.5, 0.6) is 0 Å². The number of rotatable bonds is 2. The molecule has 0 aliphatic carbocycles. The second kappa shape index (κ2) is 5.44. The fourth-order valence-electron chi connectivity index (χ4n) is 2.13. The maximum atomic E-state index is 13.6. The summed E-state index contributed by atoms with van der Waals surface area (Å²) in [5, 5.41) is 2.62. The summed E-state index contributed by atoms with van der Waals surface area (Å²) in [6.07, 6.45) is 0.822. The summed E-state index contributed by atoms with van der Waals surface area (Å²) in [4.78, 5) is 24.8. The number of likely N-dealkylation sites (N-methyl/N-ethyl adjacent to an activating group) is 1. The van der Waals surface area contributed by atoms with Gasteiger partial charge >= 0.3 is 0 Å². The molecule has 1 unspecified atom stereocenters. The van der Waals surface area contributed by atoms with E-state index in [0.717, 1.165) is 6.07 Å². The maximum absolute atomic E-state index is 13.6. The molecule has 0 spiro atoms. The van der Waals surface area contributed by atoms with Gasteiger partial charge in [-0.25, -0.2) is 8.78 Å². The van der Waals surface area contributed by atoms with E-state index in [9.17, 15) is 18.4 Å². The highest BCUT2D eigenvalue weighted by Crippen LogP contribution is 2.17. The van der Waals surface area contributed by atoms with Crippen LogP contribution in [0.4, 0.5) is 14.5 Å². The summed E-state index contributed by atoms with van der Waals surface area (Å²) in [5.74, 6) is -2.52. The lowest BCUT2D eigenvalue weighted by Gasteiger charge is -2.30. The zero-order valence-electron chi connectivity index (χ0n) is 11.0. The monoisotopic (exact) mass is 283 g/mol. The van der Waals surface area contributed by atoms with Crippen LogP contribution in [0.1, 0.15) is 23.2 Å². The number of nitrogens with two attached hydrogens (primary N) is 1. The fraction of sp³-hybridized carbons (Fsp3) is 0.385. The molecule has 1 fully saturated rings. The maximum Gasteiger partial charge on any atom is 0.254 e. The van der Waals surface area contributed by atoms with Gasteiger partial charge < -0.3 is 16.0 Å². The number of amides is 2. The van der Waals surface area contributed by atoms with E-state index in [1.165, 1.54) is 4.90 Å². The Morgan fingerprint density at radius 3 is 2.75 bits per heavy atom. The van der Waals surface area contributed by atoms with E-state index >= 15 is 0 Å². The van der Waals surface area contributed by atoms with Gasteiger partial charge in [0.05, 0.1) is 11.3 Å². The van der Waals surface area contributed by atoms with E-state index in [1.54, 1.807) is 7.05 Å². The van der Waals surface area contributed by atoms with Gasteiger partial charge in [0.2, 0.25) is 5.91 Å². The molecule has 1 aromatic carbocycles. The summed E-state index contributed by atoms with van der Waals surface area (Å²) in [6, 6.07) is 1.30. The number of hydrogen-bond acceptors (Lipinski definition) is 3. The highest BCUT2D eigenvalue weighted by atomic mass is 19.1. The average Bonchev–Trinajstić information content (AvgIpc) is 2.38. The Bertz CT molecular complexity index is 563. The van der Waals surface area contributed by atoms with Crippen molar-refractivity contribution < 1.29 is 18.4 Å². The summed E-state index contributed by atoms with van der Waals surface area (Å²) in [5.41, 5.74) is 4.74. The molecule has 0 saturated carbocycles. The first-order valence-corrected chi connectivity index (χ1v) is 6.18. The van der Waals surface area contributed by atoms with Crippen molar-refractivity contribution in [3.05, 3.63) is 29.3 Å². The van der Waals surface area contributed by atoms with E-state index in [1.807, 2.05) is 0 Å². The lowest BCUT2D eigenvalue weighted by molar-refractivity contribution is -0.132. The van der Waals surface area contributed by atoms with Crippen LogP contribution in [-0.4, -0.2) is 36.3 Å². The Morgan fingerprint density at radius 1 is 1.40 bits per heavy atom. The lowest BCUT2D eigenvalue weighted by Crippen LogP contribution is -2.48. The quantitative estimate of drug-likeness (QED) is 0.792. The van der Waals surface area contributed by atoms with Gasteiger partial charge in [-0.15, -0.1) is 0 Å². The largest absolute Gasteiger partial charge is 0.396 e. The van der Waals surface area contributed by atoms with Gasteiger partial charge in [-0.05, 0) is 12.5 Å². The minimum Gasteiger partial charge on any atom is -0.396 e. The van der Waals surface area contributed by atoms with E-state index in [0.29, 0.717) is 25.5 Å². The van der Waals surface area contributed by atoms with Crippen molar-refractivity contribution in [1.82, 2.24) is 10.2 Å². The predicted octanol–water partition coefficient (Wildman–Crippen LogP) is 0.898. The number of carbonyl (C=O) groups is 2. The van der Waals surface area contributed by atoms with Crippen LogP contribution >= 0.6 is 0 Å². The second-order valence-electron chi connectivity index (χ2n) is 4.84. The number of nitrogen functional groups attached to an aromatic ring is 1. The minimum atomic E-state index is -0.963. The Balaban J connectivity index is 2.09. The van der Waals surface area contributed by atoms with Crippen LogP contribution in [0.2, 0.25) is 0 Å². The first-order chi connectivity index (χ1) is 9.38. The van der Waals surface area contributed by atoms with E-state index in [4.69, 9.17) is 5.73 Å². The van der Waals surface area contributed by atoms with E-state index in [2.05, 4.69) is 5.32 Å². The number of piperidine rings is 1. The van der Waals surface area contributed by atoms with Crippen molar-refractivity contribution in [2.24, 2.45) is 0 Å². The van der Waals surface area contributed by atoms with Crippen molar-refractivity contribution in [2.45, 2.75) is 18.9 Å². The molecule has 1 aliphatic rings. The summed E-state index contributed by atoms with van der Waals surface area (Å²) in [6.45, 7) is 0.364. The van der Waals surface area contributed by atoms with Gasteiger partial charge in [-0.3, -0.25) is 9.59 Å². The van der Waals surface area contributed by atoms with Crippen LogP contribution in [0.3, 0.4) is 0 Å². The molecule has 0 radical (unpaired) electrons. The van der Waals surface area contributed by atoms with Crippen molar-refractivity contribution in [2.75, 3.05) is 19.3 Å². The molecule has 1 saturated heterocycles. The Hall–Kier alpha value is -2.18. The van der Waals surface area contributed by atoms with E-state index in [-0.39, 0.29) is 23.2 Å². The normalized spacial score (nSPS) is 19.1. The molecule has 2 rings (SSSR count). The van der Waals surface area contributed by atoms with Gasteiger partial charge in [0.15, 0.2) is 0 Å². The molecule has 0 bridgehead atoms. The first-order valence-electron chi connectivity index (χ1n) is 6.18. The van der Waals surface area contributed by atoms with Gasteiger partial charge in [0.1, 0.15) is 11.6 Å². The summed E-state index contributed by atoms with van der Waals surface area (Å²) in [7, 11) is 1.64. The Kier molecular flexibility index (Phi) is 3.87. The predicted molar refractivity (Wildman–Crippen MR) is 68.9 cm³/mol. The molecule has 5 nitrogen and oxygen atoms in total. The molecule has 1 aromatic rings. The second-order valence-corrected chi connectivity index (χ2v) is 4.84. The molecular formula is C13H15F2N3O2. The molecular weight excluding hydrogens is 268 g/mol. The minimum absolute atomic E-state index is 0.00714. The SMILES string of the molecule is CN1CC(NC(=O)c2cc(N)c(F)cc2F)CCC1=O. The van der Waals surface area contributed by atoms with Crippen LogP contribution in [0.25, 0.3) is 0 Å². The standard InChI is InChI=1S/C13H15F2N3O2/c1-18-6-7(2-3-12(18)19)17-13(20)8-4-11(16)10(15)5-9(8)14/h4-5,7H,2-3,6,16H2,1H3,(H,17,20). The molecule has 7 heteroatoms. The fourth-order valence-corrected chi connectivity index (χ4v) is 2.13. The smallest absolute Gasteiger partial charge is 0.254 e. The van der Waals surface area contributed by atoms with Gasteiger partial charge in [-0.1, -0.05) is 0 Å². The highest BCUT2D eigenvalue weighted by molar-refractivity contribution is 5.95. The number of carbonyl (C=O) groups excluding carboxylic acids is 2. The highest BCUT2D eigenvalue weighted by Gasteiger charge is 2.25. The molecule has 0 aromatic heterocycles. The number of nitrogens with zero attached hydrogens (tertiary/aromatic N) is 1. The number of anilines is 1. The molecule has 2 amide bonds. The molecule has 1 atom stereocenters. The number of benzene rings is 1. The number of likely N-dealkylation sites (tertiary alicyclic amines) is 1. The van der Waals surface area contributed by atoms with Crippen LogP contribution in [0, 0.1) is 11.6 Å². The molecule has 1 heterocycles. The molecule has 20 heavy (non-hydrogen) atoms. The third-order valence-corrected chi connectivity index (χ3v) is 3.29. The van der Waals surface area contributed by atoms with Crippen molar-refractivity contribution in [3.8, 4) is 0 Å². The average molecular weight is 283 g/mol. The van der Waals surface area contributed by atoms with Gasteiger partial charge in [0, 0.05) is 32.1 Å². The van der Waals surface area contributed by atoms with Crippen LogP contribution in [-0.2, 0) is 4.79 Å². The molecule has 108 valence electrons.